The number of nitrogens with zero attached hydrogens (tertiary/aromatic N) is 1. The second-order valence-corrected chi connectivity index (χ2v) is 4.64. The largest absolute Gasteiger partial charge is 0.456 e. The number of hydrogen-bond acceptors (Lipinski definition) is 4. The topological polar surface area (TPSA) is 78.4 Å². The molecule has 0 fully saturated rings. The van der Waals surface area contributed by atoms with E-state index >= 15 is 0 Å². The molecular formula is C13H11BrN2O3. The normalized spacial score (nSPS) is 10.2. The number of non-ortho nitro benzene ring substituents is 1. The Hall–Kier alpha value is -1.92. The Bertz CT molecular complexity index is 617. The van der Waals surface area contributed by atoms with Gasteiger partial charge in [-0.1, -0.05) is 18.2 Å². The molecule has 2 rings (SSSR count). The van der Waals surface area contributed by atoms with Crippen LogP contribution in [0.4, 0.5) is 5.69 Å². The highest BCUT2D eigenvalue weighted by molar-refractivity contribution is 9.10. The van der Waals surface area contributed by atoms with Crippen molar-refractivity contribution in [3.63, 3.8) is 0 Å². The van der Waals surface area contributed by atoms with Gasteiger partial charge in [-0.2, -0.15) is 0 Å². The quantitative estimate of drug-likeness (QED) is 0.689. The number of halogens is 1. The van der Waals surface area contributed by atoms with Gasteiger partial charge in [-0.3, -0.25) is 10.1 Å². The first-order chi connectivity index (χ1) is 9.11. The summed E-state index contributed by atoms with van der Waals surface area (Å²) in [6.45, 7) is 0.336. The zero-order chi connectivity index (χ0) is 13.8. The third-order valence-corrected chi connectivity index (χ3v) is 3.19. The molecule has 0 atom stereocenters. The molecule has 2 aromatic rings. The minimum atomic E-state index is -0.464. The minimum Gasteiger partial charge on any atom is -0.456 e. The first kappa shape index (κ1) is 13.5. The highest BCUT2D eigenvalue weighted by Gasteiger charge is 2.12. The number of nitro benzene ring substituents is 1. The van der Waals surface area contributed by atoms with Crippen LogP contribution in [0.3, 0.4) is 0 Å². The van der Waals surface area contributed by atoms with E-state index in [1.54, 1.807) is 12.1 Å². The SMILES string of the molecule is NCc1ccccc1Oc1cc([N+](=O)[O-])ccc1Br. The van der Waals surface area contributed by atoms with Crippen molar-refractivity contribution in [1.29, 1.82) is 0 Å². The number of nitro groups is 1. The Kier molecular flexibility index (Phi) is 4.13. The molecule has 98 valence electrons. The van der Waals surface area contributed by atoms with Gasteiger partial charge < -0.3 is 10.5 Å². The van der Waals surface area contributed by atoms with Crippen LogP contribution in [-0.2, 0) is 6.54 Å². The van der Waals surface area contributed by atoms with Crippen molar-refractivity contribution in [2.75, 3.05) is 0 Å². The van der Waals surface area contributed by atoms with E-state index < -0.39 is 4.92 Å². The lowest BCUT2D eigenvalue weighted by Crippen LogP contribution is -1.99. The van der Waals surface area contributed by atoms with E-state index in [9.17, 15) is 10.1 Å². The molecule has 0 heterocycles. The third kappa shape index (κ3) is 3.10. The van der Waals surface area contributed by atoms with Gasteiger partial charge in [0.1, 0.15) is 11.5 Å². The molecule has 0 bridgehead atoms. The first-order valence-corrected chi connectivity index (χ1v) is 6.31. The van der Waals surface area contributed by atoms with Crippen molar-refractivity contribution in [2.24, 2.45) is 5.73 Å². The van der Waals surface area contributed by atoms with Gasteiger partial charge in [0.15, 0.2) is 0 Å². The van der Waals surface area contributed by atoms with E-state index in [-0.39, 0.29) is 5.69 Å². The molecule has 2 N–H and O–H groups in total. The Labute approximate surface area is 118 Å². The molecule has 0 aliphatic carbocycles. The maximum absolute atomic E-state index is 10.8. The number of para-hydroxylation sites is 1. The highest BCUT2D eigenvalue weighted by atomic mass is 79.9. The van der Waals surface area contributed by atoms with Crippen molar-refractivity contribution < 1.29 is 9.66 Å². The standard InChI is InChI=1S/C13H11BrN2O3/c14-11-6-5-10(16(17)18)7-13(11)19-12-4-2-1-3-9(12)8-15/h1-7H,8,15H2. The lowest BCUT2D eigenvalue weighted by molar-refractivity contribution is -0.384. The van der Waals surface area contributed by atoms with E-state index in [0.29, 0.717) is 22.5 Å². The fourth-order valence-corrected chi connectivity index (χ4v) is 1.90. The van der Waals surface area contributed by atoms with Crippen LogP contribution in [0.25, 0.3) is 0 Å². The molecule has 0 aliphatic rings. The van der Waals surface area contributed by atoms with Crippen LogP contribution in [-0.4, -0.2) is 4.92 Å². The summed E-state index contributed by atoms with van der Waals surface area (Å²) in [6, 6.07) is 11.7. The summed E-state index contributed by atoms with van der Waals surface area (Å²) in [5, 5.41) is 10.8. The number of nitrogens with two attached hydrogens (primary N) is 1. The van der Waals surface area contributed by atoms with E-state index in [2.05, 4.69) is 15.9 Å². The van der Waals surface area contributed by atoms with Crippen LogP contribution >= 0.6 is 15.9 Å². The molecule has 0 radical (unpaired) electrons. The third-order valence-electron chi connectivity index (χ3n) is 2.54. The molecule has 0 saturated carbocycles. The van der Waals surface area contributed by atoms with Gasteiger partial charge in [-0.25, -0.2) is 0 Å². The fraction of sp³-hybridized carbons (Fsp3) is 0.0769. The molecule has 0 aromatic heterocycles. The molecule has 0 amide bonds. The lowest BCUT2D eigenvalue weighted by Gasteiger charge is -2.10. The van der Waals surface area contributed by atoms with Crippen LogP contribution in [0.5, 0.6) is 11.5 Å². The van der Waals surface area contributed by atoms with Crippen LogP contribution < -0.4 is 10.5 Å². The summed E-state index contributed by atoms with van der Waals surface area (Å²) in [5.74, 6) is 0.973. The van der Waals surface area contributed by atoms with Crippen molar-refractivity contribution >= 4 is 21.6 Å². The van der Waals surface area contributed by atoms with Gasteiger partial charge in [-0.05, 0) is 28.1 Å². The zero-order valence-corrected chi connectivity index (χ0v) is 11.5. The summed E-state index contributed by atoms with van der Waals surface area (Å²) < 4.78 is 6.33. The number of benzene rings is 2. The van der Waals surface area contributed by atoms with E-state index in [1.165, 1.54) is 12.1 Å². The molecule has 0 unspecified atom stereocenters. The number of ether oxygens (including phenoxy) is 1. The van der Waals surface area contributed by atoms with Crippen LogP contribution in [0.2, 0.25) is 0 Å². The Morgan fingerprint density at radius 2 is 1.95 bits per heavy atom. The van der Waals surface area contributed by atoms with E-state index in [0.717, 1.165) is 5.56 Å². The summed E-state index contributed by atoms with van der Waals surface area (Å²) in [5.41, 5.74) is 6.43. The molecule has 5 nitrogen and oxygen atoms in total. The van der Waals surface area contributed by atoms with Gasteiger partial charge in [0.05, 0.1) is 15.5 Å². The summed E-state index contributed by atoms with van der Waals surface area (Å²) in [6.07, 6.45) is 0. The van der Waals surface area contributed by atoms with Crippen molar-refractivity contribution in [3.05, 3.63) is 62.6 Å². The lowest BCUT2D eigenvalue weighted by atomic mass is 10.2. The Balaban J connectivity index is 2.37. The monoisotopic (exact) mass is 322 g/mol. The maximum atomic E-state index is 10.8. The van der Waals surface area contributed by atoms with Gasteiger partial charge in [0, 0.05) is 18.2 Å². The molecule has 6 heteroatoms. The highest BCUT2D eigenvalue weighted by Crippen LogP contribution is 2.34. The Morgan fingerprint density at radius 1 is 1.21 bits per heavy atom. The smallest absolute Gasteiger partial charge is 0.273 e. The van der Waals surface area contributed by atoms with Crippen LogP contribution in [0.15, 0.2) is 46.9 Å². The summed E-state index contributed by atoms with van der Waals surface area (Å²) in [4.78, 5) is 10.3. The molecule has 0 saturated heterocycles. The maximum Gasteiger partial charge on any atom is 0.273 e. The average Bonchev–Trinajstić information content (AvgIpc) is 2.41. The molecule has 0 aliphatic heterocycles. The van der Waals surface area contributed by atoms with Gasteiger partial charge in [0.2, 0.25) is 0 Å². The predicted octanol–water partition coefficient (Wildman–Crippen LogP) is 3.61. The van der Waals surface area contributed by atoms with E-state index in [4.69, 9.17) is 10.5 Å². The van der Waals surface area contributed by atoms with Gasteiger partial charge in [0.25, 0.3) is 5.69 Å². The fourth-order valence-electron chi connectivity index (χ4n) is 1.57. The second kappa shape index (κ2) is 5.81. The van der Waals surface area contributed by atoms with Gasteiger partial charge in [-0.15, -0.1) is 0 Å². The number of rotatable bonds is 4. The molecule has 0 spiro atoms. The first-order valence-electron chi connectivity index (χ1n) is 5.51. The van der Waals surface area contributed by atoms with Crippen molar-refractivity contribution in [1.82, 2.24) is 0 Å². The van der Waals surface area contributed by atoms with Crippen LogP contribution in [0.1, 0.15) is 5.56 Å². The number of hydrogen-bond donors (Lipinski definition) is 1. The summed E-state index contributed by atoms with van der Waals surface area (Å²) in [7, 11) is 0. The van der Waals surface area contributed by atoms with Crippen molar-refractivity contribution in [2.45, 2.75) is 6.54 Å². The van der Waals surface area contributed by atoms with Gasteiger partial charge >= 0.3 is 0 Å². The molecule has 2 aromatic carbocycles. The van der Waals surface area contributed by atoms with E-state index in [1.807, 2.05) is 18.2 Å². The van der Waals surface area contributed by atoms with Crippen LogP contribution in [0, 0.1) is 10.1 Å². The predicted molar refractivity (Wildman–Crippen MR) is 75.2 cm³/mol. The minimum absolute atomic E-state index is 0.0246. The average molecular weight is 323 g/mol. The summed E-state index contributed by atoms with van der Waals surface area (Å²) >= 11 is 3.30. The molecular weight excluding hydrogens is 312 g/mol. The zero-order valence-electron chi connectivity index (χ0n) is 9.88. The van der Waals surface area contributed by atoms with Crippen molar-refractivity contribution in [3.8, 4) is 11.5 Å². The second-order valence-electron chi connectivity index (χ2n) is 3.79. The Morgan fingerprint density at radius 3 is 2.63 bits per heavy atom. The molecule has 19 heavy (non-hydrogen) atoms.